The number of likely N-dealkylation sites (tertiary alicyclic amines) is 1. The van der Waals surface area contributed by atoms with E-state index in [2.05, 4.69) is 24.2 Å². The van der Waals surface area contributed by atoms with Gasteiger partial charge in [0.2, 0.25) is 5.91 Å². The number of nitrogens with two attached hydrogens (primary N) is 1. The van der Waals surface area contributed by atoms with Crippen LogP contribution in [0.15, 0.2) is 24.3 Å². The summed E-state index contributed by atoms with van der Waals surface area (Å²) in [6.45, 7) is 3.81. The lowest BCUT2D eigenvalue weighted by atomic mass is 9.98. The summed E-state index contributed by atoms with van der Waals surface area (Å²) in [7, 11) is 2.14. The lowest BCUT2D eigenvalue weighted by molar-refractivity contribution is -0.121. The number of carbonyl (C=O) groups excluding carboxylic acids is 1. The van der Waals surface area contributed by atoms with E-state index in [0.717, 1.165) is 30.5 Å². The summed E-state index contributed by atoms with van der Waals surface area (Å²) in [4.78, 5) is 14.4. The molecule has 0 saturated carbocycles. The average molecular weight is 275 g/mol. The molecule has 1 amide bonds. The zero-order chi connectivity index (χ0) is 14.5. The van der Waals surface area contributed by atoms with E-state index in [0.29, 0.717) is 25.0 Å². The molecule has 1 saturated heterocycles. The highest BCUT2D eigenvalue weighted by molar-refractivity contribution is 5.78. The number of benzene rings is 1. The predicted octanol–water partition coefficient (Wildman–Crippen LogP) is 1.29. The van der Waals surface area contributed by atoms with Crippen molar-refractivity contribution in [3.63, 3.8) is 0 Å². The van der Waals surface area contributed by atoms with Gasteiger partial charge in [0, 0.05) is 25.2 Å². The first kappa shape index (κ1) is 15.0. The van der Waals surface area contributed by atoms with Crippen molar-refractivity contribution < 1.29 is 4.79 Å². The van der Waals surface area contributed by atoms with Gasteiger partial charge < -0.3 is 16.0 Å². The van der Waals surface area contributed by atoms with Gasteiger partial charge >= 0.3 is 0 Å². The second-order valence-electron chi connectivity index (χ2n) is 5.82. The molecule has 0 bridgehead atoms. The van der Waals surface area contributed by atoms with Gasteiger partial charge in [-0.1, -0.05) is 24.3 Å². The molecule has 1 fully saturated rings. The first-order valence-corrected chi connectivity index (χ1v) is 7.36. The lowest BCUT2D eigenvalue weighted by Crippen LogP contribution is -2.47. The summed E-state index contributed by atoms with van der Waals surface area (Å²) in [5, 5.41) is 3.16. The zero-order valence-electron chi connectivity index (χ0n) is 12.4. The van der Waals surface area contributed by atoms with Gasteiger partial charge in [-0.2, -0.15) is 0 Å². The van der Waals surface area contributed by atoms with Gasteiger partial charge in [0.25, 0.3) is 0 Å². The van der Waals surface area contributed by atoms with Gasteiger partial charge in [-0.25, -0.2) is 0 Å². The number of nitrogens with one attached hydrogen (secondary N) is 1. The van der Waals surface area contributed by atoms with Crippen LogP contribution in [0.2, 0.25) is 0 Å². The minimum Gasteiger partial charge on any atom is -0.353 e. The molecule has 1 aromatic rings. The molecule has 1 heterocycles. The van der Waals surface area contributed by atoms with Gasteiger partial charge in [-0.05, 0) is 37.9 Å². The van der Waals surface area contributed by atoms with Crippen LogP contribution in [0.5, 0.6) is 0 Å². The molecule has 4 heteroatoms. The van der Waals surface area contributed by atoms with E-state index in [4.69, 9.17) is 5.73 Å². The Balaban J connectivity index is 1.82. The summed E-state index contributed by atoms with van der Waals surface area (Å²) in [5.74, 6) is 0.118. The third kappa shape index (κ3) is 4.05. The van der Waals surface area contributed by atoms with Crippen molar-refractivity contribution in [2.24, 2.45) is 5.73 Å². The van der Waals surface area contributed by atoms with Crippen molar-refractivity contribution in [3.05, 3.63) is 35.4 Å². The molecule has 2 rings (SSSR count). The topological polar surface area (TPSA) is 58.4 Å². The van der Waals surface area contributed by atoms with Gasteiger partial charge in [0.05, 0.1) is 6.42 Å². The molecular formula is C16H25N3O. The lowest BCUT2D eigenvalue weighted by Gasteiger charge is -2.35. The Hall–Kier alpha value is -1.39. The average Bonchev–Trinajstić information content (AvgIpc) is 2.44. The highest BCUT2D eigenvalue weighted by Crippen LogP contribution is 2.15. The van der Waals surface area contributed by atoms with E-state index < -0.39 is 0 Å². The summed E-state index contributed by atoms with van der Waals surface area (Å²) in [6, 6.07) is 8.80. The van der Waals surface area contributed by atoms with Crippen LogP contribution in [0.3, 0.4) is 0 Å². The molecule has 110 valence electrons. The van der Waals surface area contributed by atoms with Crippen LogP contribution < -0.4 is 11.1 Å². The van der Waals surface area contributed by atoms with Gasteiger partial charge in [0.15, 0.2) is 0 Å². The first-order valence-electron chi connectivity index (χ1n) is 7.36. The molecular weight excluding hydrogens is 250 g/mol. The molecule has 0 radical (unpaired) electrons. The van der Waals surface area contributed by atoms with Crippen LogP contribution in [0, 0.1) is 0 Å². The number of rotatable bonds is 4. The number of nitrogens with zero attached hydrogens (tertiary/aromatic N) is 1. The van der Waals surface area contributed by atoms with Crippen LogP contribution in [0.25, 0.3) is 0 Å². The fraction of sp³-hybridized carbons (Fsp3) is 0.562. The Morgan fingerprint density at radius 1 is 1.35 bits per heavy atom. The molecule has 2 atom stereocenters. The molecule has 4 nitrogen and oxygen atoms in total. The first-order chi connectivity index (χ1) is 9.58. The maximum absolute atomic E-state index is 12.1. The van der Waals surface area contributed by atoms with Crippen molar-refractivity contribution in [1.82, 2.24) is 10.2 Å². The molecule has 1 aliphatic rings. The minimum absolute atomic E-state index is 0.118. The highest BCUT2D eigenvalue weighted by atomic mass is 16.1. The molecule has 1 aliphatic heterocycles. The van der Waals surface area contributed by atoms with E-state index in [-0.39, 0.29) is 5.91 Å². The van der Waals surface area contributed by atoms with Crippen LogP contribution in [-0.2, 0) is 17.8 Å². The molecule has 3 N–H and O–H groups in total. The largest absolute Gasteiger partial charge is 0.353 e. The fourth-order valence-electron chi connectivity index (χ4n) is 2.68. The highest BCUT2D eigenvalue weighted by Gasteiger charge is 2.23. The molecule has 1 aromatic carbocycles. The summed E-state index contributed by atoms with van der Waals surface area (Å²) in [6.07, 6.45) is 2.53. The Labute approximate surface area is 121 Å². The third-order valence-corrected chi connectivity index (χ3v) is 4.20. The van der Waals surface area contributed by atoms with E-state index in [1.54, 1.807) is 0 Å². The van der Waals surface area contributed by atoms with Gasteiger partial charge in [-0.15, -0.1) is 0 Å². The summed E-state index contributed by atoms with van der Waals surface area (Å²) < 4.78 is 0. The van der Waals surface area contributed by atoms with Gasteiger partial charge in [0.1, 0.15) is 0 Å². The molecule has 20 heavy (non-hydrogen) atoms. The van der Waals surface area contributed by atoms with Crippen molar-refractivity contribution >= 4 is 5.91 Å². The van der Waals surface area contributed by atoms with Crippen LogP contribution in [0.4, 0.5) is 0 Å². The fourth-order valence-corrected chi connectivity index (χ4v) is 2.68. The standard InChI is InChI=1S/C16H25N3O/c1-12-9-15(7-8-19(12)2)18-16(20)10-13-3-5-14(11-17)6-4-13/h3-6,12,15H,7-11,17H2,1-2H3,(H,18,20). The van der Waals surface area contributed by atoms with Crippen molar-refractivity contribution in [3.8, 4) is 0 Å². The summed E-state index contributed by atoms with van der Waals surface area (Å²) >= 11 is 0. The Bertz CT molecular complexity index is 444. The van der Waals surface area contributed by atoms with Crippen LogP contribution in [0.1, 0.15) is 30.9 Å². The molecule has 0 aromatic heterocycles. The normalized spacial score (nSPS) is 23.6. The van der Waals surface area contributed by atoms with Crippen molar-refractivity contribution in [2.45, 2.75) is 44.8 Å². The second kappa shape index (κ2) is 6.86. The van der Waals surface area contributed by atoms with E-state index >= 15 is 0 Å². The van der Waals surface area contributed by atoms with Crippen LogP contribution >= 0.6 is 0 Å². The third-order valence-electron chi connectivity index (χ3n) is 4.20. The zero-order valence-corrected chi connectivity index (χ0v) is 12.4. The molecule has 2 unspecified atom stereocenters. The van der Waals surface area contributed by atoms with E-state index in [1.165, 1.54) is 0 Å². The minimum atomic E-state index is 0.118. The molecule has 0 spiro atoms. The quantitative estimate of drug-likeness (QED) is 0.870. The Morgan fingerprint density at radius 2 is 2.00 bits per heavy atom. The Kier molecular flexibility index (Phi) is 5.15. The summed E-state index contributed by atoms with van der Waals surface area (Å²) in [5.41, 5.74) is 7.70. The maximum atomic E-state index is 12.1. The van der Waals surface area contributed by atoms with Gasteiger partial charge in [-0.3, -0.25) is 4.79 Å². The maximum Gasteiger partial charge on any atom is 0.224 e. The van der Waals surface area contributed by atoms with Crippen molar-refractivity contribution in [2.75, 3.05) is 13.6 Å². The number of hydrogen-bond acceptors (Lipinski definition) is 3. The van der Waals surface area contributed by atoms with E-state index in [1.807, 2.05) is 24.3 Å². The number of amides is 1. The molecule has 0 aliphatic carbocycles. The van der Waals surface area contributed by atoms with Crippen LogP contribution in [-0.4, -0.2) is 36.5 Å². The number of carbonyl (C=O) groups is 1. The van der Waals surface area contributed by atoms with Crippen molar-refractivity contribution in [1.29, 1.82) is 0 Å². The monoisotopic (exact) mass is 275 g/mol. The van der Waals surface area contributed by atoms with E-state index in [9.17, 15) is 4.79 Å². The SMILES string of the molecule is CC1CC(NC(=O)Cc2ccc(CN)cc2)CCN1C. The predicted molar refractivity (Wildman–Crippen MR) is 81.3 cm³/mol. The smallest absolute Gasteiger partial charge is 0.224 e. The Morgan fingerprint density at radius 3 is 2.60 bits per heavy atom. The number of piperidine rings is 1. The second-order valence-corrected chi connectivity index (χ2v) is 5.82. The number of hydrogen-bond donors (Lipinski definition) is 2.